The predicted molar refractivity (Wildman–Crippen MR) is 84.6 cm³/mol. The fraction of sp³-hybridized carbons (Fsp3) is 0.750. The van der Waals surface area contributed by atoms with Crippen LogP contribution in [0.3, 0.4) is 0 Å². The number of rotatable bonds is 11. The molecule has 3 atom stereocenters. The molecular weight excluding hydrogens is 316 g/mol. The van der Waals surface area contributed by atoms with Crippen molar-refractivity contribution in [2.75, 3.05) is 0 Å². The number of hydrogen-bond donors (Lipinski definition) is 4. The zero-order valence-electron chi connectivity index (χ0n) is 13.9. The number of carboxylic acids is 2. The van der Waals surface area contributed by atoms with E-state index in [-0.39, 0.29) is 6.42 Å². The monoisotopic (exact) mass is 342 g/mol. The Morgan fingerprint density at radius 2 is 1.67 bits per heavy atom. The molecule has 0 aromatic rings. The van der Waals surface area contributed by atoms with Gasteiger partial charge in [-0.15, -0.1) is 0 Å². The highest BCUT2D eigenvalue weighted by atomic mass is 16.4. The maximum Gasteiger partial charge on any atom is 0.323 e. The highest BCUT2D eigenvalue weighted by Crippen LogP contribution is 2.10. The van der Waals surface area contributed by atoms with Crippen molar-refractivity contribution in [2.45, 2.75) is 70.5 Å². The number of carboxylic acid groups (broad SMARTS) is 2. The molecule has 136 valence electrons. The van der Waals surface area contributed by atoms with Gasteiger partial charge in [-0.3, -0.25) is 9.59 Å². The fourth-order valence-electron chi connectivity index (χ4n) is 1.77. The molecule has 0 saturated heterocycles. The zero-order valence-corrected chi connectivity index (χ0v) is 13.9. The summed E-state index contributed by atoms with van der Waals surface area (Å²) in [5.74, 6) is -3.51. The molecule has 8 heteroatoms. The molecule has 0 aliphatic heterocycles. The summed E-state index contributed by atoms with van der Waals surface area (Å²) in [6, 6.07) is 3.54. The summed E-state index contributed by atoms with van der Waals surface area (Å²) >= 11 is 0. The third-order valence-corrected chi connectivity index (χ3v) is 3.13. The average Bonchev–Trinajstić information content (AvgIpc) is 2.50. The third kappa shape index (κ3) is 14.8. The topological polar surface area (TPSA) is 163 Å². The standard InChI is InChI=1S/2C8H13NO3/c1-2-3-4-7(10)6(5-9)8(11)12;9-5-3-1-2-4-7(10)6-8(11)12/h6-7,10H,2-4H2,1H3,(H,11,12);7,10H,1-4,6H2,(H,11,12). The van der Waals surface area contributed by atoms with Crippen molar-refractivity contribution >= 4 is 11.9 Å². The fourth-order valence-corrected chi connectivity index (χ4v) is 1.77. The Bertz CT molecular complexity index is 441. The van der Waals surface area contributed by atoms with Crippen LogP contribution in [0.2, 0.25) is 0 Å². The van der Waals surface area contributed by atoms with Crippen LogP contribution in [0, 0.1) is 28.6 Å². The Kier molecular flexibility index (Phi) is 15.8. The van der Waals surface area contributed by atoms with Gasteiger partial charge in [-0.1, -0.05) is 19.8 Å². The SMILES string of the molecule is CCCCC(O)C(C#N)C(=O)O.N#CCCCCC(O)CC(=O)O. The Hall–Kier alpha value is -2.16. The lowest BCUT2D eigenvalue weighted by Gasteiger charge is -2.11. The number of aliphatic carboxylic acids is 2. The molecule has 0 aromatic heterocycles. The third-order valence-electron chi connectivity index (χ3n) is 3.13. The molecule has 3 unspecified atom stereocenters. The summed E-state index contributed by atoms with van der Waals surface area (Å²) < 4.78 is 0. The van der Waals surface area contributed by atoms with Crippen LogP contribution < -0.4 is 0 Å². The molecule has 0 heterocycles. The second-order valence-electron chi connectivity index (χ2n) is 5.31. The van der Waals surface area contributed by atoms with Gasteiger partial charge in [-0.05, 0) is 25.7 Å². The second-order valence-corrected chi connectivity index (χ2v) is 5.31. The number of nitrogens with zero attached hydrogens (tertiary/aromatic N) is 2. The van der Waals surface area contributed by atoms with Crippen molar-refractivity contribution in [3.8, 4) is 12.1 Å². The first kappa shape index (κ1) is 24.1. The Morgan fingerprint density at radius 3 is 2.08 bits per heavy atom. The molecule has 24 heavy (non-hydrogen) atoms. The lowest BCUT2D eigenvalue weighted by atomic mass is 9.99. The van der Waals surface area contributed by atoms with Crippen molar-refractivity contribution in [3.63, 3.8) is 0 Å². The van der Waals surface area contributed by atoms with Crippen LogP contribution in [0.5, 0.6) is 0 Å². The summed E-state index contributed by atoms with van der Waals surface area (Å²) in [6.45, 7) is 1.94. The molecule has 0 fully saturated rings. The molecule has 0 saturated carbocycles. The van der Waals surface area contributed by atoms with E-state index in [0.717, 1.165) is 19.3 Å². The van der Waals surface area contributed by atoms with Gasteiger partial charge in [0, 0.05) is 6.42 Å². The van der Waals surface area contributed by atoms with Crippen LogP contribution in [0.15, 0.2) is 0 Å². The van der Waals surface area contributed by atoms with Gasteiger partial charge >= 0.3 is 11.9 Å². The quantitative estimate of drug-likeness (QED) is 0.412. The Balaban J connectivity index is 0. The minimum absolute atomic E-state index is 0.202. The van der Waals surface area contributed by atoms with E-state index in [0.29, 0.717) is 25.7 Å². The lowest BCUT2D eigenvalue weighted by molar-refractivity contribution is -0.143. The summed E-state index contributed by atoms with van der Waals surface area (Å²) in [5, 5.41) is 51.5. The Labute approximate surface area is 142 Å². The summed E-state index contributed by atoms with van der Waals surface area (Å²) in [6.07, 6.45) is 2.38. The van der Waals surface area contributed by atoms with E-state index in [1.165, 1.54) is 0 Å². The van der Waals surface area contributed by atoms with Gasteiger partial charge in [-0.25, -0.2) is 0 Å². The number of hydrogen-bond acceptors (Lipinski definition) is 6. The van der Waals surface area contributed by atoms with E-state index < -0.39 is 30.1 Å². The minimum Gasteiger partial charge on any atom is -0.481 e. The summed E-state index contributed by atoms with van der Waals surface area (Å²) in [7, 11) is 0. The maximum atomic E-state index is 10.4. The molecule has 8 nitrogen and oxygen atoms in total. The van der Waals surface area contributed by atoms with Crippen LogP contribution in [-0.2, 0) is 9.59 Å². The molecule has 0 aliphatic carbocycles. The number of unbranched alkanes of at least 4 members (excludes halogenated alkanes) is 3. The van der Waals surface area contributed by atoms with E-state index in [9.17, 15) is 14.7 Å². The van der Waals surface area contributed by atoms with E-state index in [1.807, 2.05) is 13.0 Å². The van der Waals surface area contributed by atoms with Crippen molar-refractivity contribution in [2.24, 2.45) is 5.92 Å². The minimum atomic E-state index is -1.28. The normalized spacial score (nSPS) is 13.4. The summed E-state index contributed by atoms with van der Waals surface area (Å²) in [5.41, 5.74) is 0. The lowest BCUT2D eigenvalue weighted by Crippen LogP contribution is -2.26. The molecule has 0 aliphatic rings. The van der Waals surface area contributed by atoms with Gasteiger partial charge in [0.25, 0.3) is 0 Å². The number of carbonyl (C=O) groups is 2. The second kappa shape index (κ2) is 15.7. The molecule has 0 bridgehead atoms. The van der Waals surface area contributed by atoms with Crippen molar-refractivity contribution < 1.29 is 30.0 Å². The van der Waals surface area contributed by atoms with Crippen LogP contribution in [0.1, 0.15) is 58.3 Å². The van der Waals surface area contributed by atoms with Gasteiger partial charge < -0.3 is 20.4 Å². The van der Waals surface area contributed by atoms with E-state index in [1.54, 1.807) is 6.07 Å². The largest absolute Gasteiger partial charge is 0.481 e. The molecule has 0 radical (unpaired) electrons. The zero-order chi connectivity index (χ0) is 19.0. The molecule has 0 aromatic carbocycles. The van der Waals surface area contributed by atoms with Gasteiger partial charge in [0.2, 0.25) is 0 Å². The predicted octanol–water partition coefficient (Wildman–Crippen LogP) is 1.67. The highest BCUT2D eigenvalue weighted by molar-refractivity contribution is 5.73. The van der Waals surface area contributed by atoms with Gasteiger partial charge in [0.15, 0.2) is 5.92 Å². The molecule has 4 N–H and O–H groups in total. The van der Waals surface area contributed by atoms with Crippen LogP contribution in [-0.4, -0.2) is 44.6 Å². The van der Waals surface area contributed by atoms with Crippen LogP contribution >= 0.6 is 0 Å². The number of aliphatic hydroxyl groups excluding tert-OH is 2. The van der Waals surface area contributed by atoms with Gasteiger partial charge in [0.05, 0.1) is 30.8 Å². The smallest absolute Gasteiger partial charge is 0.323 e. The van der Waals surface area contributed by atoms with Crippen molar-refractivity contribution in [1.29, 1.82) is 10.5 Å². The first-order chi connectivity index (χ1) is 11.3. The van der Waals surface area contributed by atoms with E-state index in [2.05, 4.69) is 0 Å². The van der Waals surface area contributed by atoms with Gasteiger partial charge in [-0.2, -0.15) is 10.5 Å². The molecule has 0 amide bonds. The maximum absolute atomic E-state index is 10.4. The Morgan fingerprint density at radius 1 is 1.04 bits per heavy atom. The van der Waals surface area contributed by atoms with Crippen molar-refractivity contribution in [3.05, 3.63) is 0 Å². The first-order valence-electron chi connectivity index (χ1n) is 7.87. The molecule has 0 spiro atoms. The van der Waals surface area contributed by atoms with Crippen molar-refractivity contribution in [1.82, 2.24) is 0 Å². The highest BCUT2D eigenvalue weighted by Gasteiger charge is 2.25. The molecule has 0 rings (SSSR count). The number of nitriles is 2. The van der Waals surface area contributed by atoms with Gasteiger partial charge in [0.1, 0.15) is 0 Å². The molecular formula is C16H26N2O6. The van der Waals surface area contributed by atoms with E-state index >= 15 is 0 Å². The number of aliphatic hydroxyl groups is 2. The first-order valence-corrected chi connectivity index (χ1v) is 7.87. The summed E-state index contributed by atoms with van der Waals surface area (Å²) in [4.78, 5) is 20.4. The van der Waals surface area contributed by atoms with Crippen LogP contribution in [0.25, 0.3) is 0 Å². The average molecular weight is 342 g/mol. The van der Waals surface area contributed by atoms with E-state index in [4.69, 9.17) is 25.8 Å². The van der Waals surface area contributed by atoms with Crippen LogP contribution in [0.4, 0.5) is 0 Å².